The largest absolute Gasteiger partial charge is 0.488 e. The Morgan fingerprint density at radius 2 is 2.26 bits per heavy atom. The van der Waals surface area contributed by atoms with E-state index in [4.69, 9.17) is 4.74 Å². The Hall–Kier alpha value is -1.62. The molecule has 1 aromatic rings. The molecule has 1 unspecified atom stereocenters. The van der Waals surface area contributed by atoms with Gasteiger partial charge in [-0.1, -0.05) is 6.07 Å². The van der Waals surface area contributed by atoms with Gasteiger partial charge in [0.25, 0.3) is 0 Å². The molecule has 2 N–H and O–H groups in total. The molecule has 19 heavy (non-hydrogen) atoms. The first-order chi connectivity index (χ1) is 8.90. The van der Waals surface area contributed by atoms with E-state index in [0.29, 0.717) is 0 Å². The van der Waals surface area contributed by atoms with Crippen LogP contribution >= 0.6 is 0 Å². The Labute approximate surface area is 111 Å². The molecule has 0 saturated heterocycles. The number of rotatable bonds is 6. The van der Waals surface area contributed by atoms with Gasteiger partial charge in [-0.15, -0.1) is 0 Å². The minimum Gasteiger partial charge on any atom is -0.488 e. The molecule has 4 nitrogen and oxygen atoms in total. The van der Waals surface area contributed by atoms with Crippen LogP contribution in [0.4, 0.5) is 4.39 Å². The second-order valence-electron chi connectivity index (χ2n) is 5.28. The topological polar surface area (TPSA) is 58.6 Å². The van der Waals surface area contributed by atoms with Crippen molar-refractivity contribution in [1.29, 1.82) is 0 Å². The number of benzene rings is 1. The summed E-state index contributed by atoms with van der Waals surface area (Å²) in [6.45, 7) is 3.27. The van der Waals surface area contributed by atoms with E-state index < -0.39 is 17.3 Å². The highest BCUT2D eigenvalue weighted by Crippen LogP contribution is 2.24. The van der Waals surface area contributed by atoms with Crippen LogP contribution in [0, 0.1) is 12.7 Å². The zero-order chi connectivity index (χ0) is 14.0. The fourth-order valence-electron chi connectivity index (χ4n) is 1.79. The van der Waals surface area contributed by atoms with Gasteiger partial charge in [0.1, 0.15) is 12.1 Å². The maximum Gasteiger partial charge on any atom is 0.327 e. The van der Waals surface area contributed by atoms with E-state index in [0.717, 1.165) is 18.4 Å². The normalized spacial score (nSPS) is 17.8. The summed E-state index contributed by atoms with van der Waals surface area (Å²) >= 11 is 0. The van der Waals surface area contributed by atoms with Crippen LogP contribution in [0.5, 0.6) is 5.75 Å². The lowest BCUT2D eigenvalue weighted by atomic mass is 10.0. The SMILES string of the molecule is Cc1ccc(F)c(OCC(C)(NC2CC2)C(=O)O)c1. The number of carboxylic acids is 1. The summed E-state index contributed by atoms with van der Waals surface area (Å²) in [7, 11) is 0. The maximum atomic E-state index is 13.5. The summed E-state index contributed by atoms with van der Waals surface area (Å²) in [5, 5.41) is 12.3. The average Bonchev–Trinajstić information content (AvgIpc) is 3.14. The first kappa shape index (κ1) is 13.8. The molecule has 0 bridgehead atoms. The van der Waals surface area contributed by atoms with Gasteiger partial charge >= 0.3 is 5.97 Å². The van der Waals surface area contributed by atoms with Gasteiger partial charge in [-0.3, -0.25) is 10.1 Å². The Kier molecular flexibility index (Phi) is 3.75. The van der Waals surface area contributed by atoms with Crippen LogP contribution in [0.15, 0.2) is 18.2 Å². The fourth-order valence-corrected chi connectivity index (χ4v) is 1.79. The smallest absolute Gasteiger partial charge is 0.327 e. The Morgan fingerprint density at radius 3 is 2.84 bits per heavy atom. The molecule has 1 fully saturated rings. The van der Waals surface area contributed by atoms with E-state index in [2.05, 4.69) is 5.32 Å². The monoisotopic (exact) mass is 267 g/mol. The molecule has 1 saturated carbocycles. The number of nitrogens with one attached hydrogen (secondary N) is 1. The van der Waals surface area contributed by atoms with Crippen LogP contribution < -0.4 is 10.1 Å². The van der Waals surface area contributed by atoms with E-state index in [1.807, 2.05) is 6.92 Å². The van der Waals surface area contributed by atoms with Gasteiger partial charge < -0.3 is 9.84 Å². The van der Waals surface area contributed by atoms with Gasteiger partial charge in [-0.2, -0.15) is 0 Å². The molecule has 0 aromatic heterocycles. The molecular formula is C14H18FNO3. The lowest BCUT2D eigenvalue weighted by Gasteiger charge is -2.26. The molecule has 5 heteroatoms. The van der Waals surface area contributed by atoms with E-state index in [1.54, 1.807) is 19.1 Å². The van der Waals surface area contributed by atoms with Crippen molar-refractivity contribution in [2.75, 3.05) is 6.61 Å². The second-order valence-corrected chi connectivity index (χ2v) is 5.28. The fraction of sp³-hybridized carbons (Fsp3) is 0.500. The van der Waals surface area contributed by atoms with Crippen LogP contribution in [0.1, 0.15) is 25.3 Å². The van der Waals surface area contributed by atoms with Crippen LogP contribution in [0.25, 0.3) is 0 Å². The average molecular weight is 267 g/mol. The van der Waals surface area contributed by atoms with Crippen molar-refractivity contribution in [3.63, 3.8) is 0 Å². The van der Waals surface area contributed by atoms with Crippen LogP contribution in [-0.2, 0) is 4.79 Å². The highest BCUT2D eigenvalue weighted by Gasteiger charge is 2.39. The molecule has 1 atom stereocenters. The molecule has 1 aromatic carbocycles. The lowest BCUT2D eigenvalue weighted by molar-refractivity contribution is -0.145. The van der Waals surface area contributed by atoms with E-state index in [1.165, 1.54) is 6.07 Å². The first-order valence-electron chi connectivity index (χ1n) is 6.31. The summed E-state index contributed by atoms with van der Waals surface area (Å²) in [4.78, 5) is 11.3. The Balaban J connectivity index is 2.05. The molecule has 2 rings (SSSR count). The predicted octanol–water partition coefficient (Wildman–Crippen LogP) is 2.11. The van der Waals surface area contributed by atoms with E-state index in [-0.39, 0.29) is 18.4 Å². The quantitative estimate of drug-likeness (QED) is 0.828. The molecule has 104 valence electrons. The lowest BCUT2D eigenvalue weighted by Crippen LogP contribution is -2.54. The minimum atomic E-state index is -1.20. The Morgan fingerprint density at radius 1 is 1.58 bits per heavy atom. The number of carboxylic acid groups (broad SMARTS) is 1. The molecule has 0 heterocycles. The number of hydrogen-bond acceptors (Lipinski definition) is 3. The maximum absolute atomic E-state index is 13.5. The predicted molar refractivity (Wildman–Crippen MR) is 68.8 cm³/mol. The molecular weight excluding hydrogens is 249 g/mol. The van der Waals surface area contributed by atoms with Crippen molar-refractivity contribution < 1.29 is 19.0 Å². The third-order valence-electron chi connectivity index (χ3n) is 3.18. The van der Waals surface area contributed by atoms with Crippen molar-refractivity contribution in [2.24, 2.45) is 0 Å². The number of ether oxygens (including phenoxy) is 1. The van der Waals surface area contributed by atoms with E-state index in [9.17, 15) is 14.3 Å². The van der Waals surface area contributed by atoms with Crippen molar-refractivity contribution >= 4 is 5.97 Å². The summed E-state index contributed by atoms with van der Waals surface area (Å²) < 4.78 is 18.9. The molecule has 1 aliphatic rings. The zero-order valence-corrected chi connectivity index (χ0v) is 11.1. The molecule has 0 aliphatic heterocycles. The van der Waals surface area contributed by atoms with Gasteiger partial charge in [-0.05, 0) is 44.4 Å². The molecule has 0 spiro atoms. The highest BCUT2D eigenvalue weighted by atomic mass is 19.1. The molecule has 1 aliphatic carbocycles. The number of hydrogen-bond donors (Lipinski definition) is 2. The number of halogens is 1. The molecule has 0 amide bonds. The second kappa shape index (κ2) is 5.17. The molecule has 0 radical (unpaired) electrons. The number of aryl methyl sites for hydroxylation is 1. The minimum absolute atomic E-state index is 0.0880. The van der Waals surface area contributed by atoms with Gasteiger partial charge in [-0.25, -0.2) is 4.39 Å². The summed E-state index contributed by atoms with van der Waals surface area (Å²) in [6, 6.07) is 4.75. The zero-order valence-electron chi connectivity index (χ0n) is 11.1. The van der Waals surface area contributed by atoms with Crippen LogP contribution in [-0.4, -0.2) is 29.3 Å². The van der Waals surface area contributed by atoms with Gasteiger partial charge in [0.2, 0.25) is 0 Å². The van der Waals surface area contributed by atoms with Gasteiger partial charge in [0.15, 0.2) is 11.6 Å². The highest BCUT2D eigenvalue weighted by molar-refractivity contribution is 5.78. The van der Waals surface area contributed by atoms with Crippen LogP contribution in [0.3, 0.4) is 0 Å². The van der Waals surface area contributed by atoms with E-state index >= 15 is 0 Å². The Bertz CT molecular complexity index is 488. The number of carbonyl (C=O) groups is 1. The summed E-state index contributed by atoms with van der Waals surface area (Å²) in [6.07, 6.45) is 1.95. The number of aliphatic carboxylic acids is 1. The van der Waals surface area contributed by atoms with Crippen molar-refractivity contribution in [2.45, 2.75) is 38.3 Å². The van der Waals surface area contributed by atoms with Gasteiger partial charge in [0, 0.05) is 6.04 Å². The van der Waals surface area contributed by atoms with Crippen molar-refractivity contribution in [3.05, 3.63) is 29.6 Å². The van der Waals surface area contributed by atoms with Crippen molar-refractivity contribution in [3.8, 4) is 5.75 Å². The summed E-state index contributed by atoms with van der Waals surface area (Å²) in [5.74, 6) is -1.39. The third kappa shape index (κ3) is 3.44. The van der Waals surface area contributed by atoms with Gasteiger partial charge in [0.05, 0.1) is 0 Å². The summed E-state index contributed by atoms with van der Waals surface area (Å²) in [5.41, 5.74) is -0.333. The van der Waals surface area contributed by atoms with Crippen LogP contribution in [0.2, 0.25) is 0 Å². The first-order valence-corrected chi connectivity index (χ1v) is 6.31. The van der Waals surface area contributed by atoms with Crippen molar-refractivity contribution in [1.82, 2.24) is 5.32 Å². The standard InChI is InChI=1S/C14H18FNO3/c1-9-3-6-11(15)12(7-9)19-8-14(2,13(17)18)16-10-4-5-10/h3,6-7,10,16H,4-5,8H2,1-2H3,(H,17,18). The third-order valence-corrected chi connectivity index (χ3v) is 3.18.